The topological polar surface area (TPSA) is 72.9 Å². The lowest BCUT2D eigenvalue weighted by molar-refractivity contribution is -0.152. The largest absolute Gasteiger partial charge is 0.481 e. The van der Waals surface area contributed by atoms with Gasteiger partial charge in [-0.25, -0.2) is 4.79 Å². The Morgan fingerprint density at radius 3 is 2.60 bits per heavy atom. The molecule has 2 aliphatic rings. The summed E-state index contributed by atoms with van der Waals surface area (Å²) in [5.74, 6) is -0.768. The summed E-state index contributed by atoms with van der Waals surface area (Å²) >= 11 is 0. The molecule has 0 spiro atoms. The van der Waals surface area contributed by atoms with Gasteiger partial charge >= 0.3 is 12.0 Å². The molecule has 0 aromatic carbocycles. The van der Waals surface area contributed by atoms with Gasteiger partial charge in [0.05, 0.1) is 5.41 Å². The molecule has 0 saturated carbocycles. The molecular formula is C14H25N3O3. The predicted octanol–water partition coefficient (Wildman–Crippen LogP) is 0.979. The maximum atomic E-state index is 12.6. The number of carboxylic acids is 1. The molecule has 2 rings (SSSR count). The molecule has 2 saturated heterocycles. The van der Waals surface area contributed by atoms with Crippen LogP contribution in [-0.2, 0) is 4.79 Å². The quantitative estimate of drug-likeness (QED) is 0.792. The fraction of sp³-hybridized carbons (Fsp3) is 0.857. The molecule has 20 heavy (non-hydrogen) atoms. The number of piperidine rings is 1. The molecule has 2 fully saturated rings. The first kappa shape index (κ1) is 15.1. The van der Waals surface area contributed by atoms with Crippen LogP contribution in [-0.4, -0.2) is 66.2 Å². The molecule has 0 aromatic rings. The van der Waals surface area contributed by atoms with Crippen molar-refractivity contribution in [3.63, 3.8) is 0 Å². The Kier molecular flexibility index (Phi) is 4.86. The number of likely N-dealkylation sites (tertiary alicyclic amines) is 1. The van der Waals surface area contributed by atoms with Crippen molar-refractivity contribution in [3.8, 4) is 0 Å². The van der Waals surface area contributed by atoms with E-state index < -0.39 is 11.4 Å². The van der Waals surface area contributed by atoms with Crippen LogP contribution in [0.25, 0.3) is 0 Å². The third-order valence-corrected chi connectivity index (χ3v) is 4.59. The molecule has 1 unspecified atom stereocenters. The van der Waals surface area contributed by atoms with Crippen LogP contribution in [0.1, 0.15) is 32.6 Å². The molecule has 2 heterocycles. The predicted molar refractivity (Wildman–Crippen MR) is 75.6 cm³/mol. The van der Waals surface area contributed by atoms with Crippen molar-refractivity contribution in [1.29, 1.82) is 0 Å². The summed E-state index contributed by atoms with van der Waals surface area (Å²) in [5, 5.41) is 12.8. The molecule has 6 heteroatoms. The van der Waals surface area contributed by atoms with E-state index in [0.717, 1.165) is 32.5 Å². The number of carbonyl (C=O) groups excluding carboxylic acids is 1. The zero-order valence-corrected chi connectivity index (χ0v) is 12.2. The van der Waals surface area contributed by atoms with Crippen molar-refractivity contribution >= 4 is 12.0 Å². The second-order valence-electron chi connectivity index (χ2n) is 5.84. The fourth-order valence-electron chi connectivity index (χ4n) is 3.15. The lowest BCUT2D eigenvalue weighted by atomic mass is 9.78. The first-order valence-electron chi connectivity index (χ1n) is 7.57. The molecule has 1 atom stereocenters. The van der Waals surface area contributed by atoms with Crippen LogP contribution in [0.5, 0.6) is 0 Å². The van der Waals surface area contributed by atoms with Gasteiger partial charge in [0.1, 0.15) is 0 Å². The first-order valence-corrected chi connectivity index (χ1v) is 7.57. The highest BCUT2D eigenvalue weighted by atomic mass is 16.4. The molecule has 114 valence electrons. The van der Waals surface area contributed by atoms with Gasteiger partial charge in [0.15, 0.2) is 0 Å². The van der Waals surface area contributed by atoms with Gasteiger partial charge in [-0.15, -0.1) is 0 Å². The third kappa shape index (κ3) is 3.06. The second-order valence-corrected chi connectivity index (χ2v) is 5.84. The van der Waals surface area contributed by atoms with Crippen LogP contribution in [0.3, 0.4) is 0 Å². The monoisotopic (exact) mass is 283 g/mol. The molecule has 2 N–H and O–H groups in total. The molecule has 6 nitrogen and oxygen atoms in total. The summed E-state index contributed by atoms with van der Waals surface area (Å²) in [6.07, 6.45) is 2.98. The smallest absolute Gasteiger partial charge is 0.320 e. The molecule has 2 aliphatic heterocycles. The fourth-order valence-corrected chi connectivity index (χ4v) is 3.15. The van der Waals surface area contributed by atoms with Gasteiger partial charge in [-0.3, -0.25) is 4.79 Å². The Morgan fingerprint density at radius 1 is 1.15 bits per heavy atom. The second kappa shape index (κ2) is 6.43. The Bertz CT molecular complexity index is 367. The van der Waals surface area contributed by atoms with Crippen molar-refractivity contribution < 1.29 is 14.7 Å². The number of hydrogen-bond acceptors (Lipinski definition) is 3. The van der Waals surface area contributed by atoms with Crippen molar-refractivity contribution in [2.75, 3.05) is 39.3 Å². The van der Waals surface area contributed by atoms with Crippen molar-refractivity contribution in [1.82, 2.24) is 15.1 Å². The number of nitrogens with one attached hydrogen (secondary N) is 1. The van der Waals surface area contributed by atoms with Gasteiger partial charge in [-0.05, 0) is 32.2 Å². The number of aliphatic carboxylic acids is 1. The third-order valence-electron chi connectivity index (χ3n) is 4.59. The first-order chi connectivity index (χ1) is 9.59. The van der Waals surface area contributed by atoms with E-state index in [4.69, 9.17) is 0 Å². The summed E-state index contributed by atoms with van der Waals surface area (Å²) in [6, 6.07) is 0.00692. The Hall–Kier alpha value is -1.30. The summed E-state index contributed by atoms with van der Waals surface area (Å²) in [4.78, 5) is 27.7. The highest BCUT2D eigenvalue weighted by Gasteiger charge is 2.42. The maximum Gasteiger partial charge on any atom is 0.320 e. The van der Waals surface area contributed by atoms with Gasteiger partial charge in [0.25, 0.3) is 0 Å². The van der Waals surface area contributed by atoms with Gasteiger partial charge in [-0.2, -0.15) is 0 Å². The molecular weight excluding hydrogens is 258 g/mol. The van der Waals surface area contributed by atoms with Crippen LogP contribution in [0.2, 0.25) is 0 Å². The summed E-state index contributed by atoms with van der Waals surface area (Å²) in [7, 11) is 0. The van der Waals surface area contributed by atoms with Gasteiger partial charge in [0.2, 0.25) is 0 Å². The zero-order chi connectivity index (χ0) is 14.6. The van der Waals surface area contributed by atoms with Crippen LogP contribution in [0.4, 0.5) is 4.79 Å². The van der Waals surface area contributed by atoms with Crippen molar-refractivity contribution in [2.24, 2.45) is 5.41 Å². The average Bonchev–Trinajstić information content (AvgIpc) is 2.75. The van der Waals surface area contributed by atoms with E-state index >= 15 is 0 Å². The highest BCUT2D eigenvalue weighted by Crippen LogP contribution is 2.34. The number of carbonyl (C=O) groups is 2. The number of nitrogens with zero attached hydrogens (tertiary/aromatic N) is 2. The number of carboxylic acid groups (broad SMARTS) is 1. The maximum absolute atomic E-state index is 12.6. The minimum absolute atomic E-state index is 0.00692. The van der Waals surface area contributed by atoms with E-state index in [-0.39, 0.29) is 6.03 Å². The average molecular weight is 283 g/mol. The molecule has 0 radical (unpaired) electrons. The SMILES string of the molecule is CCC1(C(=O)O)CCCN(C(=O)N2CCCNCC2)C1. The van der Waals surface area contributed by atoms with E-state index in [1.165, 1.54) is 0 Å². The lowest BCUT2D eigenvalue weighted by Gasteiger charge is -2.41. The molecule has 0 bridgehead atoms. The van der Waals surface area contributed by atoms with Gasteiger partial charge < -0.3 is 20.2 Å². The Labute approximate surface area is 120 Å². The van der Waals surface area contributed by atoms with E-state index in [1.54, 1.807) is 4.90 Å². The summed E-state index contributed by atoms with van der Waals surface area (Å²) in [5.41, 5.74) is -0.752. The number of urea groups is 1. The number of hydrogen-bond donors (Lipinski definition) is 2. The standard InChI is InChI=1S/C14H25N3O3/c1-2-14(12(18)19)5-3-8-17(11-14)13(20)16-9-4-6-15-7-10-16/h15H,2-11H2,1H3,(H,18,19). The van der Waals surface area contributed by atoms with E-state index in [2.05, 4.69) is 5.32 Å². The lowest BCUT2D eigenvalue weighted by Crippen LogP contribution is -2.53. The normalized spacial score (nSPS) is 28.1. The van der Waals surface area contributed by atoms with Gasteiger partial charge in [0, 0.05) is 32.7 Å². The minimum Gasteiger partial charge on any atom is -0.481 e. The van der Waals surface area contributed by atoms with Crippen LogP contribution in [0.15, 0.2) is 0 Å². The van der Waals surface area contributed by atoms with Crippen LogP contribution in [0, 0.1) is 5.41 Å². The Morgan fingerprint density at radius 2 is 1.90 bits per heavy atom. The van der Waals surface area contributed by atoms with Gasteiger partial charge in [-0.1, -0.05) is 6.92 Å². The highest BCUT2D eigenvalue weighted by molar-refractivity contribution is 5.79. The summed E-state index contributed by atoms with van der Waals surface area (Å²) in [6.45, 7) is 6.16. The van der Waals surface area contributed by atoms with Crippen LogP contribution >= 0.6 is 0 Å². The van der Waals surface area contributed by atoms with E-state index in [0.29, 0.717) is 32.5 Å². The molecule has 0 aliphatic carbocycles. The molecule has 2 amide bonds. The Balaban J connectivity index is 2.04. The summed E-state index contributed by atoms with van der Waals surface area (Å²) < 4.78 is 0. The van der Waals surface area contributed by atoms with Crippen LogP contribution < -0.4 is 5.32 Å². The minimum atomic E-state index is -0.768. The molecule has 0 aromatic heterocycles. The number of amides is 2. The number of rotatable bonds is 2. The van der Waals surface area contributed by atoms with Crippen molar-refractivity contribution in [2.45, 2.75) is 32.6 Å². The zero-order valence-electron chi connectivity index (χ0n) is 12.2. The van der Waals surface area contributed by atoms with E-state index in [9.17, 15) is 14.7 Å². The van der Waals surface area contributed by atoms with E-state index in [1.807, 2.05) is 11.8 Å². The van der Waals surface area contributed by atoms with Crippen molar-refractivity contribution in [3.05, 3.63) is 0 Å².